The number of nitrogens with one attached hydrogen (secondary N) is 1. The monoisotopic (exact) mass is 350 g/mol. The van der Waals surface area contributed by atoms with Crippen LogP contribution in [0, 0.1) is 11.3 Å². The lowest BCUT2D eigenvalue weighted by Crippen LogP contribution is -2.25. The van der Waals surface area contributed by atoms with Gasteiger partial charge in [0, 0.05) is 11.0 Å². The topological polar surface area (TPSA) is 70.0 Å². The average Bonchev–Trinajstić information content (AvgIpc) is 2.29. The third kappa shape index (κ3) is 3.73. The molecule has 0 fully saturated rings. The largest absolute Gasteiger partial charge is 0.240 e. The molecule has 0 radical (unpaired) electrons. The third-order valence-corrected chi connectivity index (χ3v) is 4.10. The van der Waals surface area contributed by atoms with E-state index in [0.717, 1.165) is 10.8 Å². The molecule has 0 aromatic heterocycles. The summed E-state index contributed by atoms with van der Waals surface area (Å²) >= 11 is 2.19. The van der Waals surface area contributed by atoms with Crippen LogP contribution in [-0.4, -0.2) is 19.4 Å². The van der Waals surface area contributed by atoms with Gasteiger partial charge in [0.1, 0.15) is 0 Å². The van der Waals surface area contributed by atoms with E-state index in [2.05, 4.69) is 27.3 Å². The molecule has 16 heavy (non-hydrogen) atoms. The molecule has 6 heteroatoms. The molecule has 1 aromatic carbocycles. The first kappa shape index (κ1) is 13.4. The molecular formula is C10H11IN2O2S. The summed E-state index contributed by atoms with van der Waals surface area (Å²) in [4.78, 5) is 0.139. The molecule has 0 aliphatic heterocycles. The first-order chi connectivity index (χ1) is 7.60. The Morgan fingerprint density at radius 2 is 2.19 bits per heavy atom. The van der Waals surface area contributed by atoms with Crippen molar-refractivity contribution in [1.82, 2.24) is 4.72 Å². The van der Waals surface area contributed by atoms with Gasteiger partial charge in [-0.3, -0.25) is 0 Å². The number of halogens is 1. The number of nitriles is 1. The fourth-order valence-electron chi connectivity index (χ4n) is 1.09. The SMILES string of the molecule is N#Cc1cccc(S(=O)(=O)NCCCI)c1. The van der Waals surface area contributed by atoms with Crippen molar-refractivity contribution < 1.29 is 8.42 Å². The first-order valence-corrected chi connectivity index (χ1v) is 7.67. The Bertz CT molecular complexity index is 494. The third-order valence-electron chi connectivity index (χ3n) is 1.88. The van der Waals surface area contributed by atoms with Crippen LogP contribution < -0.4 is 4.72 Å². The van der Waals surface area contributed by atoms with Gasteiger partial charge in [-0.25, -0.2) is 13.1 Å². The van der Waals surface area contributed by atoms with Crippen molar-refractivity contribution in [3.05, 3.63) is 29.8 Å². The predicted octanol–water partition coefficient (Wildman–Crippen LogP) is 1.66. The molecule has 0 bridgehead atoms. The van der Waals surface area contributed by atoms with Crippen LogP contribution in [0.2, 0.25) is 0 Å². The van der Waals surface area contributed by atoms with Crippen molar-refractivity contribution >= 4 is 32.6 Å². The van der Waals surface area contributed by atoms with Gasteiger partial charge < -0.3 is 0 Å². The van der Waals surface area contributed by atoms with Gasteiger partial charge in [0.15, 0.2) is 0 Å². The molecule has 1 aromatic rings. The maximum Gasteiger partial charge on any atom is 0.240 e. The molecule has 0 atom stereocenters. The van der Waals surface area contributed by atoms with Gasteiger partial charge in [-0.1, -0.05) is 28.7 Å². The van der Waals surface area contributed by atoms with Crippen LogP contribution >= 0.6 is 22.6 Å². The van der Waals surface area contributed by atoms with Crippen molar-refractivity contribution in [3.8, 4) is 6.07 Å². The zero-order valence-electron chi connectivity index (χ0n) is 8.48. The van der Waals surface area contributed by atoms with E-state index >= 15 is 0 Å². The van der Waals surface area contributed by atoms with E-state index in [1.165, 1.54) is 12.1 Å². The Balaban J connectivity index is 2.86. The molecule has 1 N–H and O–H groups in total. The summed E-state index contributed by atoms with van der Waals surface area (Å²) in [5, 5.41) is 8.68. The van der Waals surface area contributed by atoms with Crippen molar-refractivity contribution in [3.63, 3.8) is 0 Å². The molecule has 0 heterocycles. The van der Waals surface area contributed by atoms with E-state index in [9.17, 15) is 8.42 Å². The number of benzene rings is 1. The minimum Gasteiger partial charge on any atom is -0.211 e. The molecular weight excluding hydrogens is 339 g/mol. The van der Waals surface area contributed by atoms with Crippen LogP contribution in [0.25, 0.3) is 0 Å². The van der Waals surface area contributed by atoms with E-state index in [4.69, 9.17) is 5.26 Å². The van der Waals surface area contributed by atoms with Gasteiger partial charge in [0.2, 0.25) is 10.0 Å². The fraction of sp³-hybridized carbons (Fsp3) is 0.300. The Morgan fingerprint density at radius 1 is 1.44 bits per heavy atom. The van der Waals surface area contributed by atoms with Crippen molar-refractivity contribution in [2.45, 2.75) is 11.3 Å². The second kappa shape index (κ2) is 6.18. The van der Waals surface area contributed by atoms with E-state index in [1.54, 1.807) is 12.1 Å². The minimum atomic E-state index is -3.47. The summed E-state index contributed by atoms with van der Waals surface area (Å²) in [6, 6.07) is 7.89. The maximum atomic E-state index is 11.8. The number of hydrogen-bond donors (Lipinski definition) is 1. The Kier molecular flexibility index (Phi) is 5.18. The normalized spacial score (nSPS) is 11.0. The summed E-state index contributed by atoms with van der Waals surface area (Å²) in [5.74, 6) is 0. The molecule has 0 saturated carbocycles. The van der Waals surface area contributed by atoms with Crippen LogP contribution in [0.3, 0.4) is 0 Å². The number of rotatable bonds is 5. The number of sulfonamides is 1. The smallest absolute Gasteiger partial charge is 0.211 e. The van der Waals surface area contributed by atoms with Gasteiger partial charge in [-0.15, -0.1) is 0 Å². The lowest BCUT2D eigenvalue weighted by atomic mass is 10.2. The van der Waals surface area contributed by atoms with E-state index in [1.807, 2.05) is 6.07 Å². The minimum absolute atomic E-state index is 0.139. The van der Waals surface area contributed by atoms with E-state index in [-0.39, 0.29) is 4.90 Å². The van der Waals surface area contributed by atoms with E-state index < -0.39 is 10.0 Å². The standard InChI is InChI=1S/C10H11IN2O2S/c11-5-2-6-13-16(14,15)10-4-1-3-9(7-10)8-12/h1,3-4,7,13H,2,5-6H2. The van der Waals surface area contributed by atoms with Crippen LogP contribution in [0.15, 0.2) is 29.2 Å². The highest BCUT2D eigenvalue weighted by atomic mass is 127. The highest BCUT2D eigenvalue weighted by Gasteiger charge is 2.13. The highest BCUT2D eigenvalue weighted by molar-refractivity contribution is 14.1. The zero-order valence-corrected chi connectivity index (χ0v) is 11.5. The predicted molar refractivity (Wildman–Crippen MR) is 69.8 cm³/mol. The average molecular weight is 350 g/mol. The molecule has 0 saturated heterocycles. The summed E-state index contributed by atoms with van der Waals surface area (Å²) < 4.78 is 26.9. The van der Waals surface area contributed by atoms with Crippen LogP contribution in [0.5, 0.6) is 0 Å². The quantitative estimate of drug-likeness (QED) is 0.499. The lowest BCUT2D eigenvalue weighted by molar-refractivity contribution is 0.581. The van der Waals surface area contributed by atoms with Crippen LogP contribution in [-0.2, 0) is 10.0 Å². The van der Waals surface area contributed by atoms with Crippen LogP contribution in [0.4, 0.5) is 0 Å². The Hall–Kier alpha value is -0.650. The Morgan fingerprint density at radius 3 is 2.81 bits per heavy atom. The fourth-order valence-corrected chi connectivity index (χ4v) is 2.59. The lowest BCUT2D eigenvalue weighted by Gasteiger charge is -2.05. The van der Waals surface area contributed by atoms with Gasteiger partial charge in [0.25, 0.3) is 0 Å². The molecule has 86 valence electrons. The summed E-state index contributed by atoms with van der Waals surface area (Å²) in [5.41, 5.74) is 0.344. The number of alkyl halides is 1. The second-order valence-electron chi connectivity index (χ2n) is 3.08. The van der Waals surface area contributed by atoms with Gasteiger partial charge in [-0.05, 0) is 24.6 Å². The maximum absolute atomic E-state index is 11.8. The second-order valence-corrected chi connectivity index (χ2v) is 5.93. The molecule has 0 amide bonds. The van der Waals surface area contributed by atoms with E-state index in [0.29, 0.717) is 12.1 Å². The summed E-state index contributed by atoms with van der Waals surface area (Å²) in [7, 11) is -3.47. The van der Waals surface area contributed by atoms with Crippen molar-refractivity contribution in [2.24, 2.45) is 0 Å². The van der Waals surface area contributed by atoms with Gasteiger partial charge in [0.05, 0.1) is 16.5 Å². The number of hydrogen-bond acceptors (Lipinski definition) is 3. The molecule has 1 rings (SSSR count). The Labute approximate surface area is 109 Å². The summed E-state index contributed by atoms with van der Waals surface area (Å²) in [6.07, 6.45) is 0.789. The molecule has 0 spiro atoms. The zero-order chi connectivity index (χ0) is 12.0. The molecule has 0 aliphatic carbocycles. The number of nitrogens with zero attached hydrogens (tertiary/aromatic N) is 1. The molecule has 0 aliphatic rings. The summed E-state index contributed by atoms with van der Waals surface area (Å²) in [6.45, 7) is 0.419. The molecule has 4 nitrogen and oxygen atoms in total. The molecule has 0 unspecified atom stereocenters. The first-order valence-electron chi connectivity index (χ1n) is 4.66. The van der Waals surface area contributed by atoms with Crippen molar-refractivity contribution in [2.75, 3.05) is 11.0 Å². The van der Waals surface area contributed by atoms with Crippen molar-refractivity contribution in [1.29, 1.82) is 5.26 Å². The van der Waals surface area contributed by atoms with Crippen LogP contribution in [0.1, 0.15) is 12.0 Å². The van der Waals surface area contributed by atoms with Gasteiger partial charge in [-0.2, -0.15) is 5.26 Å². The van der Waals surface area contributed by atoms with Gasteiger partial charge >= 0.3 is 0 Å². The highest BCUT2D eigenvalue weighted by Crippen LogP contribution is 2.10.